The Morgan fingerprint density at radius 1 is 1.29 bits per heavy atom. The van der Waals surface area contributed by atoms with Crippen molar-refractivity contribution in [1.82, 2.24) is 9.97 Å². The predicted octanol–water partition coefficient (Wildman–Crippen LogP) is 4.27. The highest BCUT2D eigenvalue weighted by Gasteiger charge is 2.04. The molecule has 0 unspecified atom stereocenters. The first-order valence-electron chi connectivity index (χ1n) is 4.80. The molecule has 0 bridgehead atoms. The summed E-state index contributed by atoms with van der Waals surface area (Å²) >= 11 is 12.8. The summed E-state index contributed by atoms with van der Waals surface area (Å²) in [6.45, 7) is 0.583. The second-order valence-corrected chi connectivity index (χ2v) is 5.47. The summed E-state index contributed by atoms with van der Waals surface area (Å²) in [5.41, 5.74) is 1.71. The van der Waals surface area contributed by atoms with E-state index in [9.17, 15) is 0 Å². The molecule has 0 fully saturated rings. The summed E-state index contributed by atoms with van der Waals surface area (Å²) in [5.74, 6) is 0. The monoisotopic (exact) mass is 375 g/mol. The van der Waals surface area contributed by atoms with Crippen LogP contribution in [0.4, 0.5) is 5.69 Å². The average molecular weight is 377 g/mol. The minimum atomic E-state index is 0.583. The molecule has 88 valence electrons. The van der Waals surface area contributed by atoms with Gasteiger partial charge in [-0.25, -0.2) is 0 Å². The SMILES string of the molecule is Clc1ccncc1NCc1ncc(Br)cc1Br. The Morgan fingerprint density at radius 2 is 2.12 bits per heavy atom. The maximum Gasteiger partial charge on any atom is 0.0737 e. The Kier molecular flexibility index (Phi) is 4.36. The molecule has 0 aliphatic heterocycles. The number of rotatable bonds is 3. The summed E-state index contributed by atoms with van der Waals surface area (Å²) in [7, 11) is 0. The molecule has 6 heteroatoms. The second kappa shape index (κ2) is 5.80. The summed E-state index contributed by atoms with van der Waals surface area (Å²) in [6, 6.07) is 3.70. The van der Waals surface area contributed by atoms with E-state index in [0.717, 1.165) is 20.3 Å². The largest absolute Gasteiger partial charge is 0.377 e. The molecule has 0 amide bonds. The summed E-state index contributed by atoms with van der Waals surface area (Å²) in [5, 5.41) is 3.83. The van der Waals surface area contributed by atoms with Gasteiger partial charge in [0.15, 0.2) is 0 Å². The molecule has 0 saturated heterocycles. The van der Waals surface area contributed by atoms with Crippen LogP contribution in [-0.4, -0.2) is 9.97 Å². The van der Waals surface area contributed by atoms with Gasteiger partial charge in [-0.15, -0.1) is 0 Å². The highest BCUT2D eigenvalue weighted by molar-refractivity contribution is 9.11. The molecule has 2 aromatic rings. The fourth-order valence-corrected chi connectivity index (χ4v) is 2.56. The molecule has 2 rings (SSSR count). The number of nitrogens with one attached hydrogen (secondary N) is 1. The maximum atomic E-state index is 6.01. The summed E-state index contributed by atoms with van der Waals surface area (Å²) in [4.78, 5) is 8.31. The quantitative estimate of drug-likeness (QED) is 0.868. The van der Waals surface area contributed by atoms with Crippen LogP contribution in [0.25, 0.3) is 0 Å². The van der Waals surface area contributed by atoms with E-state index in [-0.39, 0.29) is 0 Å². The summed E-state index contributed by atoms with van der Waals surface area (Å²) in [6.07, 6.45) is 5.10. The van der Waals surface area contributed by atoms with E-state index in [2.05, 4.69) is 47.1 Å². The topological polar surface area (TPSA) is 37.8 Å². The predicted molar refractivity (Wildman–Crippen MR) is 76.2 cm³/mol. The van der Waals surface area contributed by atoms with Gasteiger partial charge in [0.1, 0.15) is 0 Å². The van der Waals surface area contributed by atoms with Gasteiger partial charge in [-0.3, -0.25) is 9.97 Å². The van der Waals surface area contributed by atoms with Crippen molar-refractivity contribution in [3.05, 3.63) is 50.4 Å². The van der Waals surface area contributed by atoms with E-state index in [1.54, 1.807) is 24.7 Å². The first-order chi connectivity index (χ1) is 8.16. The highest BCUT2D eigenvalue weighted by Crippen LogP contribution is 2.23. The minimum Gasteiger partial charge on any atom is -0.377 e. The third-order valence-corrected chi connectivity index (χ3v) is 3.55. The number of anilines is 1. The molecule has 2 aromatic heterocycles. The fraction of sp³-hybridized carbons (Fsp3) is 0.0909. The molecule has 0 aliphatic carbocycles. The van der Waals surface area contributed by atoms with Crippen LogP contribution in [0.2, 0.25) is 5.02 Å². The van der Waals surface area contributed by atoms with Crippen LogP contribution in [0.15, 0.2) is 39.7 Å². The van der Waals surface area contributed by atoms with Gasteiger partial charge in [-0.1, -0.05) is 11.6 Å². The molecule has 0 aliphatic rings. The van der Waals surface area contributed by atoms with E-state index in [4.69, 9.17) is 11.6 Å². The zero-order chi connectivity index (χ0) is 12.3. The van der Waals surface area contributed by atoms with E-state index in [1.165, 1.54) is 0 Å². The Labute approximate surface area is 121 Å². The number of hydrogen-bond donors (Lipinski definition) is 1. The molecule has 0 aromatic carbocycles. The third-order valence-electron chi connectivity index (χ3n) is 2.10. The molecule has 0 spiro atoms. The lowest BCUT2D eigenvalue weighted by Crippen LogP contribution is -2.03. The van der Waals surface area contributed by atoms with Crippen molar-refractivity contribution in [2.24, 2.45) is 0 Å². The first kappa shape index (κ1) is 12.8. The van der Waals surface area contributed by atoms with Crippen LogP contribution in [-0.2, 0) is 6.54 Å². The zero-order valence-electron chi connectivity index (χ0n) is 8.62. The van der Waals surface area contributed by atoms with Gasteiger partial charge in [0, 0.05) is 21.3 Å². The lowest BCUT2D eigenvalue weighted by Gasteiger charge is -2.08. The van der Waals surface area contributed by atoms with Crippen LogP contribution in [0.3, 0.4) is 0 Å². The maximum absolute atomic E-state index is 6.01. The Morgan fingerprint density at radius 3 is 2.82 bits per heavy atom. The fourth-order valence-electron chi connectivity index (χ4n) is 1.26. The van der Waals surface area contributed by atoms with Gasteiger partial charge < -0.3 is 5.32 Å². The molecule has 17 heavy (non-hydrogen) atoms. The van der Waals surface area contributed by atoms with Crippen molar-refractivity contribution >= 4 is 49.1 Å². The van der Waals surface area contributed by atoms with Crippen molar-refractivity contribution in [3.63, 3.8) is 0 Å². The van der Waals surface area contributed by atoms with Crippen LogP contribution in [0.1, 0.15) is 5.69 Å². The number of hydrogen-bond acceptors (Lipinski definition) is 3. The smallest absolute Gasteiger partial charge is 0.0737 e. The number of halogens is 3. The molecular weight excluding hydrogens is 369 g/mol. The van der Waals surface area contributed by atoms with Crippen LogP contribution < -0.4 is 5.32 Å². The Hall–Kier alpha value is -0.650. The zero-order valence-corrected chi connectivity index (χ0v) is 12.6. The van der Waals surface area contributed by atoms with Gasteiger partial charge in [0.2, 0.25) is 0 Å². The highest BCUT2D eigenvalue weighted by atomic mass is 79.9. The number of nitrogens with zero attached hydrogens (tertiary/aromatic N) is 2. The average Bonchev–Trinajstić information content (AvgIpc) is 2.30. The Balaban J connectivity index is 2.10. The number of pyridine rings is 2. The van der Waals surface area contributed by atoms with Gasteiger partial charge >= 0.3 is 0 Å². The molecule has 0 atom stereocenters. The second-order valence-electron chi connectivity index (χ2n) is 3.29. The van der Waals surface area contributed by atoms with Crippen molar-refractivity contribution in [2.45, 2.75) is 6.54 Å². The summed E-state index contributed by atoms with van der Waals surface area (Å²) < 4.78 is 1.88. The van der Waals surface area contributed by atoms with E-state index < -0.39 is 0 Å². The van der Waals surface area contributed by atoms with E-state index in [1.807, 2.05) is 6.07 Å². The van der Waals surface area contributed by atoms with Crippen molar-refractivity contribution in [2.75, 3.05) is 5.32 Å². The standard InChI is InChI=1S/C11H8Br2ClN3/c12-7-3-8(13)10(16-4-7)6-17-11-5-15-2-1-9(11)14/h1-5,17H,6H2. The molecule has 2 heterocycles. The lowest BCUT2D eigenvalue weighted by molar-refractivity contribution is 1.02. The van der Waals surface area contributed by atoms with E-state index >= 15 is 0 Å². The third kappa shape index (κ3) is 3.40. The van der Waals surface area contributed by atoms with Gasteiger partial charge in [-0.2, -0.15) is 0 Å². The normalized spacial score (nSPS) is 10.3. The van der Waals surface area contributed by atoms with Crippen LogP contribution in [0, 0.1) is 0 Å². The Bertz CT molecular complexity index is 534. The molecule has 0 radical (unpaired) electrons. The van der Waals surface area contributed by atoms with Crippen molar-refractivity contribution in [3.8, 4) is 0 Å². The van der Waals surface area contributed by atoms with Gasteiger partial charge in [0.05, 0.1) is 29.1 Å². The molecule has 1 N–H and O–H groups in total. The first-order valence-corrected chi connectivity index (χ1v) is 6.76. The lowest BCUT2D eigenvalue weighted by atomic mass is 10.3. The van der Waals surface area contributed by atoms with Crippen LogP contribution >= 0.6 is 43.5 Å². The number of aromatic nitrogens is 2. The van der Waals surface area contributed by atoms with E-state index in [0.29, 0.717) is 11.6 Å². The minimum absolute atomic E-state index is 0.583. The van der Waals surface area contributed by atoms with Gasteiger partial charge in [-0.05, 0) is 44.0 Å². The van der Waals surface area contributed by atoms with Gasteiger partial charge in [0.25, 0.3) is 0 Å². The molecule has 3 nitrogen and oxygen atoms in total. The molecular formula is C11H8Br2ClN3. The van der Waals surface area contributed by atoms with Crippen LogP contribution in [0.5, 0.6) is 0 Å². The molecule has 0 saturated carbocycles. The van der Waals surface area contributed by atoms with Crippen molar-refractivity contribution in [1.29, 1.82) is 0 Å². The van der Waals surface area contributed by atoms with Crippen molar-refractivity contribution < 1.29 is 0 Å².